The molecule has 1 atom stereocenters. The van der Waals surface area contributed by atoms with E-state index in [0.717, 1.165) is 35.0 Å². The van der Waals surface area contributed by atoms with Gasteiger partial charge < -0.3 is 20.1 Å². The molecular formula is C22H25BrN2O4. The molecule has 0 radical (unpaired) electrons. The zero-order chi connectivity index (χ0) is 20.8. The summed E-state index contributed by atoms with van der Waals surface area (Å²) < 4.78 is 12.2. The van der Waals surface area contributed by atoms with Gasteiger partial charge in [-0.05, 0) is 74.2 Å². The van der Waals surface area contributed by atoms with Crippen LogP contribution in [-0.4, -0.2) is 37.7 Å². The molecule has 0 aromatic heterocycles. The van der Waals surface area contributed by atoms with Crippen molar-refractivity contribution in [2.24, 2.45) is 0 Å². The van der Waals surface area contributed by atoms with Crippen molar-refractivity contribution in [1.82, 2.24) is 5.32 Å². The van der Waals surface area contributed by atoms with Gasteiger partial charge in [-0.1, -0.05) is 15.9 Å². The third-order valence-corrected chi connectivity index (χ3v) is 5.18. The molecule has 0 aliphatic carbocycles. The van der Waals surface area contributed by atoms with E-state index in [-0.39, 0.29) is 24.5 Å². The van der Waals surface area contributed by atoms with Crippen LogP contribution < -0.4 is 15.4 Å². The number of hydrogen-bond acceptors (Lipinski definition) is 4. The number of hydrogen-bond donors (Lipinski definition) is 2. The van der Waals surface area contributed by atoms with Crippen molar-refractivity contribution in [3.8, 4) is 5.75 Å². The molecule has 1 aliphatic heterocycles. The van der Waals surface area contributed by atoms with Crippen LogP contribution >= 0.6 is 15.9 Å². The first-order chi connectivity index (χ1) is 13.9. The monoisotopic (exact) mass is 460 g/mol. The zero-order valence-corrected chi connectivity index (χ0v) is 18.2. The van der Waals surface area contributed by atoms with Gasteiger partial charge in [-0.15, -0.1) is 0 Å². The number of carbonyl (C=O) groups is 2. The molecule has 1 unspecified atom stereocenters. The molecule has 7 heteroatoms. The van der Waals surface area contributed by atoms with Crippen molar-refractivity contribution in [3.63, 3.8) is 0 Å². The number of nitrogens with one attached hydrogen (secondary N) is 2. The smallest absolute Gasteiger partial charge is 0.262 e. The normalized spacial score (nSPS) is 15.8. The standard InChI is InChI=1S/C22H25BrN2O4/c1-14-10-17(23)11-15(2)21(14)29-13-20(26)25-18-7-5-16(6-8-18)22(27)24-12-19-4-3-9-28-19/h5-8,10-11,19H,3-4,9,12-13H2,1-2H3,(H,24,27)(H,25,26). The topological polar surface area (TPSA) is 76.7 Å². The van der Waals surface area contributed by atoms with Gasteiger partial charge in [-0.2, -0.15) is 0 Å². The quantitative estimate of drug-likeness (QED) is 0.654. The van der Waals surface area contributed by atoms with Crippen LogP contribution in [0.15, 0.2) is 40.9 Å². The Labute approximate surface area is 179 Å². The van der Waals surface area contributed by atoms with E-state index < -0.39 is 0 Å². The van der Waals surface area contributed by atoms with Crippen molar-refractivity contribution in [2.45, 2.75) is 32.8 Å². The van der Waals surface area contributed by atoms with Crippen molar-refractivity contribution >= 4 is 33.4 Å². The molecule has 1 heterocycles. The zero-order valence-electron chi connectivity index (χ0n) is 16.6. The summed E-state index contributed by atoms with van der Waals surface area (Å²) in [4.78, 5) is 24.4. The van der Waals surface area contributed by atoms with E-state index in [0.29, 0.717) is 23.5 Å². The lowest BCUT2D eigenvalue weighted by atomic mass is 10.1. The number of ether oxygens (including phenoxy) is 2. The second-order valence-electron chi connectivity index (χ2n) is 7.13. The Morgan fingerprint density at radius 3 is 2.48 bits per heavy atom. The number of carbonyl (C=O) groups excluding carboxylic acids is 2. The lowest BCUT2D eigenvalue weighted by Gasteiger charge is -2.13. The molecule has 154 valence electrons. The number of rotatable bonds is 7. The second-order valence-corrected chi connectivity index (χ2v) is 8.04. The van der Waals surface area contributed by atoms with E-state index in [2.05, 4.69) is 26.6 Å². The predicted octanol–water partition coefficient (Wildman–Crippen LogP) is 3.99. The second kappa shape index (κ2) is 9.89. The molecule has 2 aromatic rings. The molecule has 6 nitrogen and oxygen atoms in total. The van der Waals surface area contributed by atoms with Crippen molar-refractivity contribution in [2.75, 3.05) is 25.1 Å². The summed E-state index contributed by atoms with van der Waals surface area (Å²) in [7, 11) is 0. The summed E-state index contributed by atoms with van der Waals surface area (Å²) >= 11 is 3.44. The van der Waals surface area contributed by atoms with E-state index in [1.807, 2.05) is 26.0 Å². The third kappa shape index (κ3) is 6.05. The first kappa shape index (κ1) is 21.3. The highest BCUT2D eigenvalue weighted by Gasteiger charge is 2.16. The Balaban J connectivity index is 1.48. The minimum Gasteiger partial charge on any atom is -0.483 e. The Hall–Kier alpha value is -2.38. The molecule has 1 saturated heterocycles. The summed E-state index contributed by atoms with van der Waals surface area (Å²) in [5, 5.41) is 5.66. The van der Waals surface area contributed by atoms with Gasteiger partial charge in [0.05, 0.1) is 6.10 Å². The highest BCUT2D eigenvalue weighted by atomic mass is 79.9. The van der Waals surface area contributed by atoms with Crippen LogP contribution in [0, 0.1) is 13.8 Å². The molecule has 3 rings (SSSR count). The first-order valence-electron chi connectivity index (χ1n) is 9.61. The number of benzene rings is 2. The lowest BCUT2D eigenvalue weighted by Crippen LogP contribution is -2.31. The highest BCUT2D eigenvalue weighted by molar-refractivity contribution is 9.10. The molecule has 0 saturated carbocycles. The van der Waals surface area contributed by atoms with Crippen LogP contribution in [0.25, 0.3) is 0 Å². The van der Waals surface area contributed by atoms with Gasteiger partial charge in [-0.25, -0.2) is 0 Å². The Kier molecular flexibility index (Phi) is 7.28. The summed E-state index contributed by atoms with van der Waals surface area (Å²) in [6.45, 7) is 5.07. The van der Waals surface area contributed by atoms with E-state index in [1.54, 1.807) is 24.3 Å². The molecule has 1 fully saturated rings. The van der Waals surface area contributed by atoms with Gasteiger partial charge in [0.25, 0.3) is 11.8 Å². The van der Waals surface area contributed by atoms with E-state index in [4.69, 9.17) is 9.47 Å². The number of aryl methyl sites for hydroxylation is 2. The SMILES string of the molecule is Cc1cc(Br)cc(C)c1OCC(=O)Nc1ccc(C(=O)NCC2CCCO2)cc1. The van der Waals surface area contributed by atoms with Gasteiger partial charge >= 0.3 is 0 Å². The summed E-state index contributed by atoms with van der Waals surface area (Å²) in [5.41, 5.74) is 3.07. The number of amides is 2. The highest BCUT2D eigenvalue weighted by Crippen LogP contribution is 2.27. The van der Waals surface area contributed by atoms with Gasteiger partial charge in [0.15, 0.2) is 6.61 Å². The lowest BCUT2D eigenvalue weighted by molar-refractivity contribution is -0.118. The van der Waals surface area contributed by atoms with Crippen LogP contribution in [0.1, 0.15) is 34.3 Å². The molecular weight excluding hydrogens is 436 g/mol. The average molecular weight is 461 g/mol. The minimum atomic E-state index is -0.262. The first-order valence-corrected chi connectivity index (χ1v) is 10.4. The van der Waals surface area contributed by atoms with Gasteiger partial charge in [0.1, 0.15) is 5.75 Å². The Morgan fingerprint density at radius 1 is 1.17 bits per heavy atom. The fourth-order valence-corrected chi connectivity index (χ4v) is 3.97. The van der Waals surface area contributed by atoms with Crippen LogP contribution in [0.3, 0.4) is 0 Å². The molecule has 2 N–H and O–H groups in total. The molecule has 2 amide bonds. The maximum absolute atomic E-state index is 12.2. The van der Waals surface area contributed by atoms with Gasteiger partial charge in [0, 0.05) is 28.9 Å². The summed E-state index contributed by atoms with van der Waals surface area (Å²) in [5.74, 6) is 0.298. The maximum atomic E-state index is 12.2. The Bertz CT molecular complexity index is 854. The fourth-order valence-electron chi connectivity index (χ4n) is 3.28. The van der Waals surface area contributed by atoms with Crippen LogP contribution in [-0.2, 0) is 9.53 Å². The van der Waals surface area contributed by atoms with Gasteiger partial charge in [0.2, 0.25) is 0 Å². The van der Waals surface area contributed by atoms with Crippen LogP contribution in [0.4, 0.5) is 5.69 Å². The number of anilines is 1. The maximum Gasteiger partial charge on any atom is 0.262 e. The van der Waals surface area contributed by atoms with Crippen LogP contribution in [0.2, 0.25) is 0 Å². The summed E-state index contributed by atoms with van der Waals surface area (Å²) in [6, 6.07) is 10.7. The third-order valence-electron chi connectivity index (χ3n) is 4.72. The molecule has 0 bridgehead atoms. The fraction of sp³-hybridized carbons (Fsp3) is 0.364. The average Bonchev–Trinajstić information content (AvgIpc) is 3.19. The van der Waals surface area contributed by atoms with Crippen LogP contribution in [0.5, 0.6) is 5.75 Å². The Morgan fingerprint density at radius 2 is 1.86 bits per heavy atom. The summed E-state index contributed by atoms with van der Waals surface area (Å²) in [6.07, 6.45) is 2.13. The number of halogens is 1. The van der Waals surface area contributed by atoms with E-state index in [1.165, 1.54) is 0 Å². The van der Waals surface area contributed by atoms with E-state index >= 15 is 0 Å². The van der Waals surface area contributed by atoms with E-state index in [9.17, 15) is 9.59 Å². The largest absolute Gasteiger partial charge is 0.483 e. The van der Waals surface area contributed by atoms with Crippen molar-refractivity contribution < 1.29 is 19.1 Å². The predicted molar refractivity (Wildman–Crippen MR) is 115 cm³/mol. The molecule has 2 aromatic carbocycles. The van der Waals surface area contributed by atoms with Crippen molar-refractivity contribution in [3.05, 3.63) is 57.6 Å². The molecule has 29 heavy (non-hydrogen) atoms. The molecule has 1 aliphatic rings. The molecule has 0 spiro atoms. The van der Waals surface area contributed by atoms with Crippen molar-refractivity contribution in [1.29, 1.82) is 0 Å². The van der Waals surface area contributed by atoms with Gasteiger partial charge in [-0.3, -0.25) is 9.59 Å². The minimum absolute atomic E-state index is 0.0903.